The molecule has 2 aromatic heterocycles. The lowest BCUT2D eigenvalue weighted by Crippen LogP contribution is -2.05. The predicted molar refractivity (Wildman–Crippen MR) is 112 cm³/mol. The van der Waals surface area contributed by atoms with Crippen LogP contribution in [0.25, 0.3) is 11.4 Å². The van der Waals surface area contributed by atoms with Crippen molar-refractivity contribution in [3.63, 3.8) is 0 Å². The van der Waals surface area contributed by atoms with Crippen LogP contribution < -0.4 is 9.47 Å². The molecule has 0 saturated heterocycles. The van der Waals surface area contributed by atoms with E-state index < -0.39 is 0 Å². The first-order valence-corrected chi connectivity index (χ1v) is 10.3. The van der Waals surface area contributed by atoms with Crippen LogP contribution in [0.4, 0.5) is 4.39 Å². The van der Waals surface area contributed by atoms with Gasteiger partial charge in [0.05, 0.1) is 26.5 Å². The average Bonchev–Trinajstić information content (AvgIpc) is 3.43. The zero-order chi connectivity index (χ0) is 20.8. The molecule has 0 aliphatic heterocycles. The van der Waals surface area contributed by atoms with Crippen molar-refractivity contribution in [3.05, 3.63) is 78.5 Å². The summed E-state index contributed by atoms with van der Waals surface area (Å²) in [5.41, 5.74) is 0.905. The van der Waals surface area contributed by atoms with E-state index in [2.05, 4.69) is 10.2 Å². The molecule has 0 aliphatic carbocycles. The number of thioether (sulfide) groups is 1. The van der Waals surface area contributed by atoms with Gasteiger partial charge in [-0.1, -0.05) is 23.9 Å². The van der Waals surface area contributed by atoms with Crippen molar-refractivity contribution in [2.75, 3.05) is 19.5 Å². The predicted octanol–water partition coefficient (Wildman–Crippen LogP) is 4.91. The Kier molecular flexibility index (Phi) is 6.34. The van der Waals surface area contributed by atoms with Crippen molar-refractivity contribution in [2.45, 2.75) is 11.7 Å². The maximum Gasteiger partial charge on any atom is 0.192 e. The van der Waals surface area contributed by atoms with Gasteiger partial charge in [0.15, 0.2) is 11.0 Å². The van der Waals surface area contributed by atoms with E-state index in [1.165, 1.54) is 23.9 Å². The smallest absolute Gasteiger partial charge is 0.192 e. The number of nitrogens with zero attached hydrogens (tertiary/aromatic N) is 3. The highest BCUT2D eigenvalue weighted by atomic mass is 32.2. The van der Waals surface area contributed by atoms with Crippen molar-refractivity contribution in [1.82, 2.24) is 14.8 Å². The van der Waals surface area contributed by atoms with Crippen molar-refractivity contribution >= 4 is 11.8 Å². The van der Waals surface area contributed by atoms with E-state index >= 15 is 0 Å². The molecule has 154 valence electrons. The van der Waals surface area contributed by atoms with Crippen molar-refractivity contribution < 1.29 is 18.3 Å². The van der Waals surface area contributed by atoms with E-state index in [9.17, 15) is 4.39 Å². The molecule has 0 N–H and O–H groups in total. The lowest BCUT2D eigenvalue weighted by Gasteiger charge is -2.10. The first-order valence-electron chi connectivity index (χ1n) is 9.34. The van der Waals surface area contributed by atoms with Crippen LogP contribution in [-0.4, -0.2) is 34.2 Å². The summed E-state index contributed by atoms with van der Waals surface area (Å²) >= 11 is 1.53. The van der Waals surface area contributed by atoms with Gasteiger partial charge < -0.3 is 13.9 Å². The molecule has 0 amide bonds. The zero-order valence-corrected chi connectivity index (χ0v) is 17.1. The van der Waals surface area contributed by atoms with Gasteiger partial charge in [0, 0.05) is 11.3 Å². The van der Waals surface area contributed by atoms with Gasteiger partial charge in [-0.15, -0.1) is 10.2 Å². The summed E-state index contributed by atoms with van der Waals surface area (Å²) < 4.78 is 31.5. The molecule has 4 rings (SSSR count). The summed E-state index contributed by atoms with van der Waals surface area (Å²) in [7, 11) is 1.63. The van der Waals surface area contributed by atoms with Gasteiger partial charge >= 0.3 is 0 Å². The van der Waals surface area contributed by atoms with E-state index in [0.717, 1.165) is 28.1 Å². The number of hydrogen-bond donors (Lipinski definition) is 0. The van der Waals surface area contributed by atoms with Crippen LogP contribution in [0.2, 0.25) is 0 Å². The summed E-state index contributed by atoms with van der Waals surface area (Å²) in [6.45, 7) is 0.964. The standard InChI is InChI=1S/C22H20FN3O3S/c1-27-19-5-2-4-16(14-19)21-24-25-22(26(21)15-20-6-3-11-28-20)30-13-12-29-18-9-7-17(23)8-10-18/h2-11,14H,12-13,15H2,1H3. The highest BCUT2D eigenvalue weighted by Crippen LogP contribution is 2.27. The van der Waals surface area contributed by atoms with Gasteiger partial charge in [-0.25, -0.2) is 4.39 Å². The Hall–Kier alpha value is -3.26. The molecule has 2 aromatic carbocycles. The van der Waals surface area contributed by atoms with Crippen LogP contribution in [0, 0.1) is 5.82 Å². The van der Waals surface area contributed by atoms with Crippen LogP contribution in [-0.2, 0) is 6.54 Å². The number of furan rings is 1. The van der Waals surface area contributed by atoms with Crippen LogP contribution in [0.5, 0.6) is 11.5 Å². The summed E-state index contributed by atoms with van der Waals surface area (Å²) in [6, 6.07) is 17.5. The van der Waals surface area contributed by atoms with E-state index in [1.807, 2.05) is 41.0 Å². The fraction of sp³-hybridized carbons (Fsp3) is 0.182. The largest absolute Gasteiger partial charge is 0.497 e. The Bertz CT molecular complexity index is 1080. The third kappa shape index (κ3) is 4.83. The zero-order valence-electron chi connectivity index (χ0n) is 16.3. The molecular weight excluding hydrogens is 405 g/mol. The van der Waals surface area contributed by atoms with Gasteiger partial charge in [-0.3, -0.25) is 4.57 Å². The monoisotopic (exact) mass is 425 g/mol. The molecule has 8 heteroatoms. The normalized spacial score (nSPS) is 10.9. The molecule has 4 aromatic rings. The quantitative estimate of drug-likeness (QED) is 0.281. The molecule has 2 heterocycles. The lowest BCUT2D eigenvalue weighted by atomic mass is 10.2. The summed E-state index contributed by atoms with van der Waals surface area (Å²) in [5.74, 6) is 3.29. The van der Waals surface area contributed by atoms with Gasteiger partial charge in [-0.2, -0.15) is 0 Å². The molecule has 0 fully saturated rings. The van der Waals surface area contributed by atoms with E-state index in [0.29, 0.717) is 24.7 Å². The first-order chi connectivity index (χ1) is 14.7. The Balaban J connectivity index is 1.50. The second-order valence-electron chi connectivity index (χ2n) is 6.35. The number of rotatable bonds is 9. The minimum absolute atomic E-state index is 0.284. The second-order valence-corrected chi connectivity index (χ2v) is 7.42. The minimum Gasteiger partial charge on any atom is -0.497 e. The van der Waals surface area contributed by atoms with Gasteiger partial charge in [-0.05, 0) is 48.5 Å². The van der Waals surface area contributed by atoms with Gasteiger partial charge in [0.1, 0.15) is 23.1 Å². The average molecular weight is 425 g/mol. The molecular formula is C22H20FN3O3S. The molecule has 6 nitrogen and oxygen atoms in total. The van der Waals surface area contributed by atoms with Crippen molar-refractivity contribution in [3.8, 4) is 22.9 Å². The molecule has 0 spiro atoms. The highest BCUT2D eigenvalue weighted by Gasteiger charge is 2.16. The van der Waals surface area contributed by atoms with Crippen molar-refractivity contribution in [2.24, 2.45) is 0 Å². The lowest BCUT2D eigenvalue weighted by molar-refractivity contribution is 0.343. The fourth-order valence-corrected chi connectivity index (χ4v) is 3.65. The molecule has 0 atom stereocenters. The molecule has 0 unspecified atom stereocenters. The Morgan fingerprint density at radius 2 is 1.90 bits per heavy atom. The van der Waals surface area contributed by atoms with Crippen LogP contribution in [0.3, 0.4) is 0 Å². The Labute approximate surface area is 177 Å². The molecule has 0 aliphatic rings. The number of hydrogen-bond acceptors (Lipinski definition) is 6. The Morgan fingerprint density at radius 3 is 2.67 bits per heavy atom. The third-order valence-corrected chi connectivity index (χ3v) is 5.27. The SMILES string of the molecule is COc1cccc(-c2nnc(SCCOc3ccc(F)cc3)n2Cc2ccco2)c1. The van der Waals surface area contributed by atoms with Gasteiger partial charge in [0.2, 0.25) is 0 Å². The van der Waals surface area contributed by atoms with E-state index in [1.54, 1.807) is 25.5 Å². The van der Waals surface area contributed by atoms with E-state index in [-0.39, 0.29) is 5.82 Å². The fourth-order valence-electron chi connectivity index (χ4n) is 2.90. The van der Waals surface area contributed by atoms with Crippen LogP contribution in [0.15, 0.2) is 76.5 Å². The number of benzene rings is 2. The molecule has 30 heavy (non-hydrogen) atoms. The van der Waals surface area contributed by atoms with Crippen molar-refractivity contribution in [1.29, 1.82) is 0 Å². The van der Waals surface area contributed by atoms with Crippen LogP contribution in [0.1, 0.15) is 5.76 Å². The van der Waals surface area contributed by atoms with Crippen LogP contribution >= 0.6 is 11.8 Å². The number of ether oxygens (including phenoxy) is 2. The number of methoxy groups -OCH3 is 1. The molecule has 0 saturated carbocycles. The first kappa shape index (κ1) is 20.0. The maximum atomic E-state index is 13.0. The summed E-state index contributed by atoms with van der Waals surface area (Å²) in [5, 5.41) is 9.53. The molecule has 0 radical (unpaired) electrons. The second kappa shape index (κ2) is 9.49. The number of aromatic nitrogens is 3. The minimum atomic E-state index is -0.284. The molecule has 0 bridgehead atoms. The number of halogens is 1. The third-order valence-electron chi connectivity index (χ3n) is 4.34. The van der Waals surface area contributed by atoms with E-state index in [4.69, 9.17) is 13.9 Å². The van der Waals surface area contributed by atoms with Gasteiger partial charge in [0.25, 0.3) is 0 Å². The summed E-state index contributed by atoms with van der Waals surface area (Å²) in [4.78, 5) is 0. The highest BCUT2D eigenvalue weighted by molar-refractivity contribution is 7.99. The topological polar surface area (TPSA) is 62.3 Å². The Morgan fingerprint density at radius 1 is 1.03 bits per heavy atom. The maximum absolute atomic E-state index is 13.0. The summed E-state index contributed by atoms with van der Waals surface area (Å²) in [6.07, 6.45) is 1.65.